The number of H-pyrrole nitrogens is 1. The molecule has 0 spiro atoms. The van der Waals surface area contributed by atoms with E-state index in [1.807, 2.05) is 6.20 Å². The molecule has 18 heavy (non-hydrogen) atoms. The van der Waals surface area contributed by atoms with Crippen LogP contribution in [0.1, 0.15) is 23.9 Å². The maximum absolute atomic E-state index is 4.32. The highest BCUT2D eigenvalue weighted by molar-refractivity contribution is 5.89. The number of benzene rings is 2. The van der Waals surface area contributed by atoms with Crippen LogP contribution in [0.5, 0.6) is 0 Å². The molecule has 2 nitrogen and oxygen atoms in total. The zero-order chi connectivity index (χ0) is 12.4. The van der Waals surface area contributed by atoms with E-state index in [1.165, 1.54) is 21.9 Å². The fourth-order valence-corrected chi connectivity index (χ4v) is 2.52. The van der Waals surface area contributed by atoms with Gasteiger partial charge in [0.25, 0.3) is 0 Å². The van der Waals surface area contributed by atoms with E-state index < -0.39 is 0 Å². The van der Waals surface area contributed by atoms with E-state index >= 15 is 0 Å². The molecule has 0 atom stereocenters. The first-order chi connectivity index (χ1) is 8.88. The van der Waals surface area contributed by atoms with Gasteiger partial charge in [-0.1, -0.05) is 43.3 Å². The van der Waals surface area contributed by atoms with Crippen molar-refractivity contribution in [2.45, 2.75) is 19.8 Å². The van der Waals surface area contributed by atoms with Gasteiger partial charge in [-0.3, -0.25) is 0 Å². The molecule has 3 rings (SSSR count). The topological polar surface area (TPSA) is 28.7 Å². The summed E-state index contributed by atoms with van der Waals surface area (Å²) in [7, 11) is 0. The lowest BCUT2D eigenvalue weighted by Crippen LogP contribution is -1.94. The molecule has 0 unspecified atom stereocenters. The Labute approximate surface area is 107 Å². The smallest absolute Gasteiger partial charge is 0.110 e. The molecule has 0 aliphatic rings. The van der Waals surface area contributed by atoms with Gasteiger partial charge < -0.3 is 4.98 Å². The van der Waals surface area contributed by atoms with Gasteiger partial charge in [-0.05, 0) is 28.3 Å². The lowest BCUT2D eigenvalue weighted by atomic mass is 9.96. The lowest BCUT2D eigenvalue weighted by molar-refractivity contribution is 1.03. The number of nitrogens with one attached hydrogen (secondary N) is 1. The second-order valence-corrected chi connectivity index (χ2v) is 4.50. The Hall–Kier alpha value is -2.09. The summed E-state index contributed by atoms with van der Waals surface area (Å²) in [6.07, 6.45) is 5.61. The molecule has 1 aromatic heterocycles. The van der Waals surface area contributed by atoms with Crippen LogP contribution in [-0.2, 0) is 12.8 Å². The van der Waals surface area contributed by atoms with Crippen LogP contribution >= 0.6 is 0 Å². The van der Waals surface area contributed by atoms with Crippen molar-refractivity contribution in [3.63, 3.8) is 0 Å². The standard InChI is InChI=1S/C16H16N2/c1-2-12-5-3-6-13-7-4-8-14(16(12)13)11-15-17-9-10-18-15/h3-10H,2,11H2,1H3,(H,17,18). The van der Waals surface area contributed by atoms with E-state index in [2.05, 4.69) is 53.3 Å². The molecule has 0 saturated carbocycles. The zero-order valence-corrected chi connectivity index (χ0v) is 10.5. The van der Waals surface area contributed by atoms with Crippen molar-refractivity contribution in [3.8, 4) is 0 Å². The van der Waals surface area contributed by atoms with Crippen molar-refractivity contribution in [3.05, 3.63) is 65.7 Å². The van der Waals surface area contributed by atoms with Gasteiger partial charge in [0.1, 0.15) is 5.82 Å². The summed E-state index contributed by atoms with van der Waals surface area (Å²) in [5.41, 5.74) is 2.76. The third-order valence-electron chi connectivity index (χ3n) is 3.37. The number of aromatic amines is 1. The van der Waals surface area contributed by atoms with Crippen LogP contribution in [0.2, 0.25) is 0 Å². The first kappa shape index (κ1) is 11.0. The normalized spacial score (nSPS) is 10.9. The maximum Gasteiger partial charge on any atom is 0.110 e. The summed E-state index contributed by atoms with van der Waals surface area (Å²) < 4.78 is 0. The van der Waals surface area contributed by atoms with E-state index in [-0.39, 0.29) is 0 Å². The van der Waals surface area contributed by atoms with E-state index in [0.717, 1.165) is 18.7 Å². The van der Waals surface area contributed by atoms with Gasteiger partial charge in [0.15, 0.2) is 0 Å². The third kappa shape index (κ3) is 1.90. The maximum atomic E-state index is 4.32. The van der Waals surface area contributed by atoms with Crippen molar-refractivity contribution in [1.82, 2.24) is 9.97 Å². The lowest BCUT2D eigenvalue weighted by Gasteiger charge is -2.09. The predicted octanol–water partition coefficient (Wildman–Crippen LogP) is 3.72. The average Bonchev–Trinajstić information content (AvgIpc) is 2.91. The van der Waals surface area contributed by atoms with E-state index in [1.54, 1.807) is 6.20 Å². The molecule has 0 fully saturated rings. The van der Waals surface area contributed by atoms with Crippen molar-refractivity contribution in [2.24, 2.45) is 0 Å². The zero-order valence-electron chi connectivity index (χ0n) is 10.5. The van der Waals surface area contributed by atoms with Gasteiger partial charge in [0.05, 0.1) is 0 Å². The number of hydrogen-bond acceptors (Lipinski definition) is 1. The van der Waals surface area contributed by atoms with Gasteiger partial charge in [-0.2, -0.15) is 0 Å². The van der Waals surface area contributed by atoms with E-state index in [9.17, 15) is 0 Å². The van der Waals surface area contributed by atoms with Gasteiger partial charge in [0, 0.05) is 18.8 Å². The quantitative estimate of drug-likeness (QED) is 0.737. The Morgan fingerprint density at radius 3 is 2.50 bits per heavy atom. The Balaban J connectivity index is 2.16. The molecule has 1 N–H and O–H groups in total. The molecule has 2 heteroatoms. The van der Waals surface area contributed by atoms with Crippen LogP contribution in [0, 0.1) is 0 Å². The molecular weight excluding hydrogens is 220 g/mol. The van der Waals surface area contributed by atoms with Crippen LogP contribution in [-0.4, -0.2) is 9.97 Å². The van der Waals surface area contributed by atoms with Crippen LogP contribution < -0.4 is 0 Å². The number of rotatable bonds is 3. The Kier molecular flexibility index (Phi) is 2.85. The van der Waals surface area contributed by atoms with Gasteiger partial charge in [0.2, 0.25) is 0 Å². The first-order valence-electron chi connectivity index (χ1n) is 6.36. The fraction of sp³-hybridized carbons (Fsp3) is 0.188. The number of hydrogen-bond donors (Lipinski definition) is 1. The first-order valence-corrected chi connectivity index (χ1v) is 6.36. The molecule has 3 aromatic rings. The summed E-state index contributed by atoms with van der Waals surface area (Å²) in [4.78, 5) is 7.49. The summed E-state index contributed by atoms with van der Waals surface area (Å²) in [5, 5.41) is 2.71. The third-order valence-corrected chi connectivity index (χ3v) is 3.37. The van der Waals surface area contributed by atoms with Crippen molar-refractivity contribution in [2.75, 3.05) is 0 Å². The molecule has 2 aromatic carbocycles. The van der Waals surface area contributed by atoms with Gasteiger partial charge in [-0.25, -0.2) is 4.98 Å². The number of aromatic nitrogens is 2. The molecule has 1 heterocycles. The molecule has 0 radical (unpaired) electrons. The number of imidazole rings is 1. The van der Waals surface area contributed by atoms with Crippen molar-refractivity contribution < 1.29 is 0 Å². The van der Waals surface area contributed by atoms with Crippen molar-refractivity contribution in [1.29, 1.82) is 0 Å². The van der Waals surface area contributed by atoms with Crippen LogP contribution in [0.25, 0.3) is 10.8 Å². The molecule has 0 bridgehead atoms. The Morgan fingerprint density at radius 1 is 1.06 bits per heavy atom. The fourth-order valence-electron chi connectivity index (χ4n) is 2.52. The highest BCUT2D eigenvalue weighted by Gasteiger charge is 2.06. The largest absolute Gasteiger partial charge is 0.348 e. The summed E-state index contributed by atoms with van der Waals surface area (Å²) in [5.74, 6) is 1.02. The minimum absolute atomic E-state index is 0.862. The highest BCUT2D eigenvalue weighted by atomic mass is 14.9. The predicted molar refractivity (Wildman–Crippen MR) is 74.7 cm³/mol. The summed E-state index contributed by atoms with van der Waals surface area (Å²) in [6, 6.07) is 13.0. The molecular formula is C16H16N2. The summed E-state index contributed by atoms with van der Waals surface area (Å²) >= 11 is 0. The minimum atomic E-state index is 0.862. The molecule has 90 valence electrons. The van der Waals surface area contributed by atoms with E-state index in [4.69, 9.17) is 0 Å². The number of aryl methyl sites for hydroxylation is 1. The van der Waals surface area contributed by atoms with Crippen molar-refractivity contribution >= 4 is 10.8 Å². The second kappa shape index (κ2) is 4.65. The second-order valence-electron chi connectivity index (χ2n) is 4.50. The minimum Gasteiger partial charge on any atom is -0.348 e. The SMILES string of the molecule is CCc1cccc2cccc(Cc3ncc[nH]3)c12. The average molecular weight is 236 g/mol. The Morgan fingerprint density at radius 2 is 1.83 bits per heavy atom. The van der Waals surface area contributed by atoms with Gasteiger partial charge in [-0.15, -0.1) is 0 Å². The van der Waals surface area contributed by atoms with E-state index in [0.29, 0.717) is 0 Å². The highest BCUT2D eigenvalue weighted by Crippen LogP contribution is 2.24. The van der Waals surface area contributed by atoms with Crippen LogP contribution in [0.15, 0.2) is 48.8 Å². The molecule has 0 aliphatic carbocycles. The monoisotopic (exact) mass is 236 g/mol. The van der Waals surface area contributed by atoms with Gasteiger partial charge >= 0.3 is 0 Å². The van der Waals surface area contributed by atoms with Crippen LogP contribution in [0.3, 0.4) is 0 Å². The number of fused-ring (bicyclic) bond motifs is 1. The molecule has 0 aliphatic heterocycles. The number of nitrogens with zero attached hydrogens (tertiary/aromatic N) is 1. The summed E-state index contributed by atoms with van der Waals surface area (Å²) in [6.45, 7) is 2.21. The molecule has 0 saturated heterocycles. The Bertz CT molecular complexity index is 649. The van der Waals surface area contributed by atoms with Crippen LogP contribution in [0.4, 0.5) is 0 Å². The molecule has 0 amide bonds.